The molecule has 2 rings (SSSR count). The van der Waals surface area contributed by atoms with E-state index in [2.05, 4.69) is 15.6 Å². The second-order valence-corrected chi connectivity index (χ2v) is 7.25. The van der Waals surface area contributed by atoms with Crippen LogP contribution in [0, 0.1) is 5.41 Å². The zero-order valence-corrected chi connectivity index (χ0v) is 15.1. The molecule has 0 aromatic carbocycles. The van der Waals surface area contributed by atoms with E-state index in [1.807, 2.05) is 38.7 Å². The van der Waals surface area contributed by atoms with Gasteiger partial charge < -0.3 is 15.5 Å². The van der Waals surface area contributed by atoms with Crippen molar-refractivity contribution in [1.82, 2.24) is 15.2 Å². The van der Waals surface area contributed by atoms with Crippen LogP contribution in [0.5, 0.6) is 0 Å². The first-order valence-electron chi connectivity index (χ1n) is 8.61. The van der Waals surface area contributed by atoms with E-state index in [0.29, 0.717) is 18.2 Å². The number of anilines is 1. The number of rotatable bonds is 4. The van der Waals surface area contributed by atoms with Crippen LogP contribution in [-0.2, 0) is 4.79 Å². The lowest BCUT2D eigenvalue weighted by Gasteiger charge is -2.36. The summed E-state index contributed by atoms with van der Waals surface area (Å²) < 4.78 is 0. The zero-order valence-electron chi connectivity index (χ0n) is 15.1. The van der Waals surface area contributed by atoms with Gasteiger partial charge in [0.25, 0.3) is 5.91 Å². The highest BCUT2D eigenvalue weighted by Gasteiger charge is 2.30. The second kappa shape index (κ2) is 7.64. The van der Waals surface area contributed by atoms with Crippen LogP contribution in [0.3, 0.4) is 0 Å². The van der Waals surface area contributed by atoms with Gasteiger partial charge in [-0.05, 0) is 31.9 Å². The second-order valence-electron chi connectivity index (χ2n) is 7.25. The van der Waals surface area contributed by atoms with Crippen molar-refractivity contribution in [3.05, 3.63) is 23.9 Å². The molecule has 2 heterocycles. The molecule has 0 aliphatic carbocycles. The molecule has 1 aliphatic heterocycles. The Balaban J connectivity index is 1.86. The number of nitrogens with one attached hydrogen (secondary N) is 2. The highest BCUT2D eigenvalue weighted by molar-refractivity contribution is 5.94. The molecular weight excluding hydrogens is 304 g/mol. The first-order valence-corrected chi connectivity index (χ1v) is 8.61. The summed E-state index contributed by atoms with van der Waals surface area (Å²) in [6.07, 6.45) is 3.40. The van der Waals surface area contributed by atoms with Gasteiger partial charge in [-0.25, -0.2) is 4.98 Å². The molecule has 1 aromatic rings. The Labute approximate surface area is 144 Å². The predicted molar refractivity (Wildman–Crippen MR) is 94.9 cm³/mol. The molecule has 0 unspecified atom stereocenters. The smallest absolute Gasteiger partial charge is 0.252 e. The van der Waals surface area contributed by atoms with Crippen molar-refractivity contribution in [2.75, 3.05) is 25.0 Å². The van der Waals surface area contributed by atoms with E-state index in [0.717, 1.165) is 31.7 Å². The molecular formula is C18H28N4O2. The van der Waals surface area contributed by atoms with Gasteiger partial charge in [0.15, 0.2) is 0 Å². The number of hydrogen-bond acceptors (Lipinski definition) is 4. The molecule has 24 heavy (non-hydrogen) atoms. The van der Waals surface area contributed by atoms with Crippen LogP contribution in [-0.4, -0.2) is 47.4 Å². The Hall–Kier alpha value is -2.11. The molecule has 2 amide bonds. The highest BCUT2D eigenvalue weighted by atomic mass is 16.2. The standard InChI is InChI=1S/C18H28N4O2/c1-5-19-16(23)13-6-7-15(20-12-13)21-14-8-10-22(11-9-14)17(24)18(2,3)4/h6-7,12,14H,5,8-11H2,1-4H3,(H,19,23)(H,20,21). The van der Waals surface area contributed by atoms with E-state index in [9.17, 15) is 9.59 Å². The summed E-state index contributed by atoms with van der Waals surface area (Å²) >= 11 is 0. The quantitative estimate of drug-likeness (QED) is 0.887. The topological polar surface area (TPSA) is 74.3 Å². The lowest BCUT2D eigenvalue weighted by molar-refractivity contribution is -0.140. The van der Waals surface area contributed by atoms with Crippen LogP contribution >= 0.6 is 0 Å². The van der Waals surface area contributed by atoms with Gasteiger partial charge in [0.1, 0.15) is 5.82 Å². The van der Waals surface area contributed by atoms with Crippen molar-refractivity contribution in [1.29, 1.82) is 0 Å². The van der Waals surface area contributed by atoms with Crippen molar-refractivity contribution in [3.8, 4) is 0 Å². The summed E-state index contributed by atoms with van der Waals surface area (Å²) in [5.41, 5.74) is 0.240. The number of aromatic nitrogens is 1. The molecule has 132 valence electrons. The normalized spacial score (nSPS) is 15.9. The van der Waals surface area contributed by atoms with Gasteiger partial charge in [0, 0.05) is 37.3 Å². The lowest BCUT2D eigenvalue weighted by Crippen LogP contribution is -2.46. The summed E-state index contributed by atoms with van der Waals surface area (Å²) in [5, 5.41) is 6.15. The maximum atomic E-state index is 12.3. The average molecular weight is 332 g/mol. The van der Waals surface area contributed by atoms with Gasteiger partial charge in [-0.2, -0.15) is 0 Å². The summed E-state index contributed by atoms with van der Waals surface area (Å²) in [4.78, 5) is 30.3. The number of hydrogen-bond donors (Lipinski definition) is 2. The molecule has 0 atom stereocenters. The fourth-order valence-corrected chi connectivity index (χ4v) is 2.79. The maximum absolute atomic E-state index is 12.3. The van der Waals surface area contributed by atoms with Crippen molar-refractivity contribution < 1.29 is 9.59 Å². The maximum Gasteiger partial charge on any atom is 0.252 e. The first-order chi connectivity index (χ1) is 11.3. The monoisotopic (exact) mass is 332 g/mol. The molecule has 6 heteroatoms. The molecule has 1 saturated heterocycles. The molecule has 1 aromatic heterocycles. The fraction of sp³-hybridized carbons (Fsp3) is 0.611. The highest BCUT2D eigenvalue weighted by Crippen LogP contribution is 2.22. The minimum atomic E-state index is -0.323. The minimum Gasteiger partial charge on any atom is -0.367 e. The SMILES string of the molecule is CCNC(=O)c1ccc(NC2CCN(C(=O)C(C)(C)C)CC2)nc1. The third-order valence-corrected chi connectivity index (χ3v) is 4.14. The van der Waals surface area contributed by atoms with Gasteiger partial charge in [0.05, 0.1) is 5.56 Å². The van der Waals surface area contributed by atoms with Crippen LogP contribution in [0.25, 0.3) is 0 Å². The summed E-state index contributed by atoms with van der Waals surface area (Å²) in [6.45, 7) is 9.90. The first kappa shape index (κ1) is 18.2. The van der Waals surface area contributed by atoms with Crippen LogP contribution in [0.4, 0.5) is 5.82 Å². The van der Waals surface area contributed by atoms with E-state index < -0.39 is 0 Å². The van der Waals surface area contributed by atoms with Crippen LogP contribution < -0.4 is 10.6 Å². The van der Waals surface area contributed by atoms with Gasteiger partial charge in [0.2, 0.25) is 5.91 Å². The zero-order chi connectivity index (χ0) is 17.7. The van der Waals surface area contributed by atoms with Crippen LogP contribution in [0.2, 0.25) is 0 Å². The van der Waals surface area contributed by atoms with Crippen LogP contribution in [0.15, 0.2) is 18.3 Å². The number of carbonyl (C=O) groups excluding carboxylic acids is 2. The van der Waals surface area contributed by atoms with Gasteiger partial charge in [-0.15, -0.1) is 0 Å². The van der Waals surface area contributed by atoms with Crippen molar-refractivity contribution in [2.24, 2.45) is 5.41 Å². The van der Waals surface area contributed by atoms with Crippen molar-refractivity contribution in [2.45, 2.75) is 46.6 Å². The Morgan fingerprint density at radius 2 is 1.92 bits per heavy atom. The molecule has 1 fully saturated rings. The Morgan fingerprint density at radius 3 is 2.42 bits per heavy atom. The molecule has 0 radical (unpaired) electrons. The van der Waals surface area contributed by atoms with E-state index in [1.165, 1.54) is 0 Å². The lowest BCUT2D eigenvalue weighted by atomic mass is 9.93. The van der Waals surface area contributed by atoms with Crippen molar-refractivity contribution >= 4 is 17.6 Å². The summed E-state index contributed by atoms with van der Waals surface area (Å²) in [5.74, 6) is 0.875. The summed E-state index contributed by atoms with van der Waals surface area (Å²) in [6, 6.07) is 3.91. The number of nitrogens with zero attached hydrogens (tertiary/aromatic N) is 2. The number of likely N-dealkylation sites (tertiary alicyclic amines) is 1. The Morgan fingerprint density at radius 1 is 1.25 bits per heavy atom. The largest absolute Gasteiger partial charge is 0.367 e. The Kier molecular flexibility index (Phi) is 5.80. The molecule has 0 spiro atoms. The van der Waals surface area contributed by atoms with E-state index in [4.69, 9.17) is 0 Å². The molecule has 0 bridgehead atoms. The molecule has 6 nitrogen and oxygen atoms in total. The predicted octanol–water partition coefficient (Wildman–Crippen LogP) is 2.28. The van der Waals surface area contributed by atoms with E-state index >= 15 is 0 Å². The number of carbonyl (C=O) groups is 2. The number of piperidine rings is 1. The van der Waals surface area contributed by atoms with E-state index in [-0.39, 0.29) is 17.2 Å². The third-order valence-electron chi connectivity index (χ3n) is 4.14. The fourth-order valence-electron chi connectivity index (χ4n) is 2.79. The number of pyridine rings is 1. The van der Waals surface area contributed by atoms with Gasteiger partial charge in [-0.1, -0.05) is 20.8 Å². The average Bonchev–Trinajstić information content (AvgIpc) is 2.55. The van der Waals surface area contributed by atoms with E-state index in [1.54, 1.807) is 12.3 Å². The van der Waals surface area contributed by atoms with Gasteiger partial charge in [-0.3, -0.25) is 9.59 Å². The van der Waals surface area contributed by atoms with Crippen LogP contribution in [0.1, 0.15) is 50.9 Å². The number of amides is 2. The molecule has 1 aliphatic rings. The molecule has 0 saturated carbocycles. The molecule has 2 N–H and O–H groups in total. The minimum absolute atomic E-state index is 0.106. The van der Waals surface area contributed by atoms with Crippen molar-refractivity contribution in [3.63, 3.8) is 0 Å². The Bertz CT molecular complexity index is 570. The summed E-state index contributed by atoms with van der Waals surface area (Å²) in [7, 11) is 0. The third kappa shape index (κ3) is 4.69. The van der Waals surface area contributed by atoms with Gasteiger partial charge >= 0.3 is 0 Å².